The molecule has 0 bridgehead atoms. The van der Waals surface area contributed by atoms with Gasteiger partial charge in [-0.15, -0.1) is 17.9 Å². The zero-order chi connectivity index (χ0) is 10.4. The van der Waals surface area contributed by atoms with E-state index >= 15 is 0 Å². The molecule has 0 fully saturated rings. The third-order valence-electron chi connectivity index (χ3n) is 2.12. The molecule has 2 nitrogen and oxygen atoms in total. The van der Waals surface area contributed by atoms with Crippen LogP contribution in [0.4, 0.5) is 0 Å². The lowest BCUT2D eigenvalue weighted by molar-refractivity contribution is 0.586. The second-order valence-electron chi connectivity index (χ2n) is 3.14. The van der Waals surface area contributed by atoms with Gasteiger partial charge in [-0.05, 0) is 18.6 Å². The van der Waals surface area contributed by atoms with E-state index in [2.05, 4.69) is 31.0 Å². The molecule has 0 saturated carbocycles. The normalized spacial score (nSPS) is 12.7. The summed E-state index contributed by atoms with van der Waals surface area (Å²) in [5.74, 6) is 0. The predicted molar refractivity (Wildman–Crippen MR) is 63.7 cm³/mol. The van der Waals surface area contributed by atoms with E-state index in [1.54, 1.807) is 0 Å². The van der Waals surface area contributed by atoms with Gasteiger partial charge in [-0.25, -0.2) is 0 Å². The van der Waals surface area contributed by atoms with Crippen molar-refractivity contribution in [2.24, 2.45) is 5.73 Å². The van der Waals surface area contributed by atoms with Gasteiger partial charge in [0.15, 0.2) is 0 Å². The minimum atomic E-state index is 0.276. The summed E-state index contributed by atoms with van der Waals surface area (Å²) >= 11 is 1.84. The lowest BCUT2D eigenvalue weighted by Crippen LogP contribution is -2.27. The SMILES string of the molecule is C=CCNC(CN)c1ccc(CC)s1. The van der Waals surface area contributed by atoms with Crippen LogP contribution in [0.1, 0.15) is 22.7 Å². The molecule has 0 aliphatic heterocycles. The first-order valence-electron chi connectivity index (χ1n) is 4.94. The minimum Gasteiger partial charge on any atom is -0.329 e. The van der Waals surface area contributed by atoms with Crippen molar-refractivity contribution in [3.8, 4) is 0 Å². The van der Waals surface area contributed by atoms with E-state index in [1.165, 1.54) is 9.75 Å². The Bertz CT molecular complexity index is 281. The Balaban J connectivity index is 2.63. The van der Waals surface area contributed by atoms with Crippen molar-refractivity contribution in [3.63, 3.8) is 0 Å². The van der Waals surface area contributed by atoms with Crippen molar-refractivity contribution in [1.82, 2.24) is 5.32 Å². The summed E-state index contributed by atoms with van der Waals surface area (Å²) in [6, 6.07) is 4.62. The van der Waals surface area contributed by atoms with Crippen molar-refractivity contribution in [3.05, 3.63) is 34.5 Å². The molecule has 0 aliphatic carbocycles. The number of hydrogen-bond acceptors (Lipinski definition) is 3. The van der Waals surface area contributed by atoms with Crippen LogP contribution in [0.5, 0.6) is 0 Å². The maximum atomic E-state index is 5.71. The second-order valence-corrected chi connectivity index (χ2v) is 4.34. The summed E-state index contributed by atoms with van der Waals surface area (Å²) in [6.45, 7) is 7.30. The Labute approximate surface area is 89.8 Å². The fraction of sp³-hybridized carbons (Fsp3) is 0.455. The molecular formula is C11H18N2S. The molecule has 1 unspecified atom stereocenters. The maximum absolute atomic E-state index is 5.71. The number of nitrogens with two attached hydrogens (primary N) is 1. The summed E-state index contributed by atoms with van der Waals surface area (Å²) in [4.78, 5) is 2.74. The molecule has 1 heterocycles. The molecule has 0 aliphatic rings. The average Bonchev–Trinajstić information content (AvgIpc) is 2.68. The van der Waals surface area contributed by atoms with Gasteiger partial charge < -0.3 is 11.1 Å². The Kier molecular flexibility index (Phi) is 4.87. The van der Waals surface area contributed by atoms with Gasteiger partial charge in [0.1, 0.15) is 0 Å². The van der Waals surface area contributed by atoms with Crippen molar-refractivity contribution in [1.29, 1.82) is 0 Å². The molecule has 1 aromatic heterocycles. The van der Waals surface area contributed by atoms with Crippen LogP contribution in [0.2, 0.25) is 0 Å². The van der Waals surface area contributed by atoms with E-state index in [4.69, 9.17) is 5.73 Å². The highest BCUT2D eigenvalue weighted by Crippen LogP contribution is 2.22. The van der Waals surface area contributed by atoms with Crippen LogP contribution < -0.4 is 11.1 Å². The van der Waals surface area contributed by atoms with Crippen LogP contribution in [0.15, 0.2) is 24.8 Å². The standard InChI is InChI=1S/C11H18N2S/c1-3-7-13-10(8-12)11-6-5-9(4-2)14-11/h3,5-6,10,13H,1,4,7-8,12H2,2H3. The monoisotopic (exact) mass is 210 g/mol. The van der Waals surface area contributed by atoms with Crippen LogP contribution in [-0.2, 0) is 6.42 Å². The summed E-state index contributed by atoms with van der Waals surface area (Å²) < 4.78 is 0. The van der Waals surface area contributed by atoms with Gasteiger partial charge in [0, 0.05) is 22.8 Å². The molecule has 0 aromatic carbocycles. The van der Waals surface area contributed by atoms with Crippen molar-refractivity contribution >= 4 is 11.3 Å². The van der Waals surface area contributed by atoms with Gasteiger partial charge in [-0.2, -0.15) is 0 Å². The average molecular weight is 210 g/mol. The fourth-order valence-corrected chi connectivity index (χ4v) is 2.34. The molecule has 14 heavy (non-hydrogen) atoms. The summed E-state index contributed by atoms with van der Waals surface area (Å²) in [5, 5.41) is 3.34. The summed E-state index contributed by atoms with van der Waals surface area (Å²) in [7, 11) is 0. The zero-order valence-corrected chi connectivity index (χ0v) is 9.44. The van der Waals surface area contributed by atoms with Crippen LogP contribution in [0.25, 0.3) is 0 Å². The van der Waals surface area contributed by atoms with E-state index in [-0.39, 0.29) is 6.04 Å². The number of thiophene rings is 1. The van der Waals surface area contributed by atoms with Crippen LogP contribution in [0, 0.1) is 0 Å². The molecule has 78 valence electrons. The predicted octanol–water partition coefficient (Wildman–Crippen LogP) is 2.09. The quantitative estimate of drug-likeness (QED) is 0.706. The molecule has 0 saturated heterocycles. The summed E-state index contributed by atoms with van der Waals surface area (Å²) in [5.41, 5.74) is 5.71. The van der Waals surface area contributed by atoms with Gasteiger partial charge >= 0.3 is 0 Å². The highest BCUT2D eigenvalue weighted by atomic mass is 32.1. The van der Waals surface area contributed by atoms with Crippen LogP contribution >= 0.6 is 11.3 Å². The molecule has 3 heteroatoms. The van der Waals surface area contributed by atoms with Gasteiger partial charge in [-0.3, -0.25) is 0 Å². The molecule has 0 radical (unpaired) electrons. The van der Waals surface area contributed by atoms with Crippen molar-refractivity contribution < 1.29 is 0 Å². The Morgan fingerprint density at radius 2 is 2.43 bits per heavy atom. The van der Waals surface area contributed by atoms with E-state index in [0.717, 1.165) is 13.0 Å². The van der Waals surface area contributed by atoms with Crippen LogP contribution in [-0.4, -0.2) is 13.1 Å². The maximum Gasteiger partial charge on any atom is 0.0541 e. The number of aryl methyl sites for hydroxylation is 1. The lowest BCUT2D eigenvalue weighted by Gasteiger charge is -2.13. The molecule has 0 spiro atoms. The third-order valence-corrected chi connectivity index (χ3v) is 3.46. The van der Waals surface area contributed by atoms with E-state index in [0.29, 0.717) is 6.54 Å². The number of nitrogens with one attached hydrogen (secondary N) is 1. The number of hydrogen-bond donors (Lipinski definition) is 2. The Morgan fingerprint density at radius 3 is 2.93 bits per heavy atom. The Morgan fingerprint density at radius 1 is 1.64 bits per heavy atom. The van der Waals surface area contributed by atoms with Gasteiger partial charge in [0.25, 0.3) is 0 Å². The smallest absolute Gasteiger partial charge is 0.0541 e. The second kappa shape index (κ2) is 5.96. The zero-order valence-electron chi connectivity index (χ0n) is 8.62. The van der Waals surface area contributed by atoms with E-state index < -0.39 is 0 Å². The molecule has 1 atom stereocenters. The molecular weight excluding hydrogens is 192 g/mol. The topological polar surface area (TPSA) is 38.0 Å². The van der Waals surface area contributed by atoms with Gasteiger partial charge in [0.05, 0.1) is 6.04 Å². The minimum absolute atomic E-state index is 0.276. The largest absolute Gasteiger partial charge is 0.329 e. The molecule has 1 aromatic rings. The molecule has 3 N–H and O–H groups in total. The fourth-order valence-electron chi connectivity index (χ4n) is 1.30. The highest BCUT2D eigenvalue weighted by molar-refractivity contribution is 7.12. The van der Waals surface area contributed by atoms with Crippen LogP contribution in [0.3, 0.4) is 0 Å². The first-order chi connectivity index (χ1) is 6.81. The summed E-state index contributed by atoms with van der Waals surface area (Å²) in [6.07, 6.45) is 2.96. The first kappa shape index (κ1) is 11.4. The van der Waals surface area contributed by atoms with Crippen molar-refractivity contribution in [2.75, 3.05) is 13.1 Å². The highest BCUT2D eigenvalue weighted by Gasteiger charge is 2.09. The third kappa shape index (κ3) is 2.94. The molecule has 0 amide bonds. The van der Waals surface area contributed by atoms with Gasteiger partial charge in [-0.1, -0.05) is 13.0 Å². The van der Waals surface area contributed by atoms with E-state index in [1.807, 2.05) is 17.4 Å². The van der Waals surface area contributed by atoms with Gasteiger partial charge in [0.2, 0.25) is 0 Å². The van der Waals surface area contributed by atoms with Crippen molar-refractivity contribution in [2.45, 2.75) is 19.4 Å². The Hall–Kier alpha value is -0.640. The first-order valence-corrected chi connectivity index (χ1v) is 5.76. The molecule has 1 rings (SSSR count). The lowest BCUT2D eigenvalue weighted by atomic mass is 10.2. The van der Waals surface area contributed by atoms with E-state index in [9.17, 15) is 0 Å². The number of rotatable bonds is 6.